The Morgan fingerprint density at radius 2 is 1.44 bits per heavy atom. The van der Waals surface area contributed by atoms with Crippen LogP contribution in [-0.4, -0.2) is 25.8 Å². The van der Waals surface area contributed by atoms with Crippen LogP contribution >= 0.6 is 0 Å². The van der Waals surface area contributed by atoms with Crippen molar-refractivity contribution in [2.24, 2.45) is 0 Å². The Bertz CT molecular complexity index is 962. The number of hydrogen-bond acceptors (Lipinski definition) is 8. The van der Waals surface area contributed by atoms with Gasteiger partial charge >= 0.3 is 5.69 Å². The molecule has 0 unspecified atom stereocenters. The van der Waals surface area contributed by atoms with Gasteiger partial charge in [0.05, 0.1) is 4.92 Å². The molecule has 0 saturated heterocycles. The molecule has 0 bridgehead atoms. The summed E-state index contributed by atoms with van der Waals surface area (Å²) in [7, 11) is 0. The zero-order valence-electron chi connectivity index (χ0n) is 14.2. The molecule has 0 spiro atoms. The van der Waals surface area contributed by atoms with Crippen molar-refractivity contribution in [2.75, 3.05) is 16.0 Å². The van der Waals surface area contributed by atoms with Crippen LogP contribution in [0.4, 0.5) is 34.4 Å². The molecule has 2 heterocycles. The number of hydrogen-bond donors (Lipinski definition) is 3. The van der Waals surface area contributed by atoms with Crippen LogP contribution in [-0.2, 0) is 4.79 Å². The Hall–Kier alpha value is -4.08. The van der Waals surface area contributed by atoms with Gasteiger partial charge in [0.2, 0.25) is 17.5 Å². The molecule has 2 aromatic heterocycles. The number of benzene rings is 1. The Labute approximate surface area is 153 Å². The summed E-state index contributed by atoms with van der Waals surface area (Å²) in [5, 5.41) is 20.0. The lowest BCUT2D eigenvalue weighted by atomic mass is 10.2. The summed E-state index contributed by atoms with van der Waals surface area (Å²) in [5.41, 5.74) is 1.50. The van der Waals surface area contributed by atoms with E-state index in [4.69, 9.17) is 0 Å². The Morgan fingerprint density at radius 1 is 0.926 bits per heavy atom. The highest BCUT2D eigenvalue weighted by Crippen LogP contribution is 2.32. The first-order chi connectivity index (χ1) is 13.0. The fourth-order valence-corrected chi connectivity index (χ4v) is 2.28. The molecule has 136 valence electrons. The van der Waals surface area contributed by atoms with E-state index in [0.29, 0.717) is 17.1 Å². The summed E-state index contributed by atoms with van der Waals surface area (Å²) in [4.78, 5) is 33.9. The molecule has 0 atom stereocenters. The minimum atomic E-state index is -0.558. The molecule has 0 radical (unpaired) electrons. The lowest BCUT2D eigenvalue weighted by Crippen LogP contribution is -2.06. The number of carbonyl (C=O) groups excluding carboxylic acids is 1. The van der Waals surface area contributed by atoms with Crippen LogP contribution in [0.25, 0.3) is 0 Å². The van der Waals surface area contributed by atoms with Crippen molar-refractivity contribution in [2.45, 2.75) is 6.92 Å². The average Bonchev–Trinajstić information content (AvgIpc) is 2.64. The van der Waals surface area contributed by atoms with Crippen LogP contribution in [0, 0.1) is 10.1 Å². The maximum absolute atomic E-state index is 11.6. The maximum atomic E-state index is 11.6. The van der Waals surface area contributed by atoms with Crippen LogP contribution in [0.5, 0.6) is 0 Å². The minimum Gasteiger partial charge on any atom is -0.334 e. The predicted molar refractivity (Wildman–Crippen MR) is 100 cm³/mol. The van der Waals surface area contributed by atoms with E-state index >= 15 is 0 Å². The van der Waals surface area contributed by atoms with E-state index in [-0.39, 0.29) is 23.2 Å². The van der Waals surface area contributed by atoms with Gasteiger partial charge in [-0.2, -0.15) is 0 Å². The maximum Gasteiger partial charge on any atom is 0.353 e. The monoisotopic (exact) mass is 365 g/mol. The first-order valence-corrected chi connectivity index (χ1v) is 7.84. The number of nitrogens with one attached hydrogen (secondary N) is 3. The normalized spacial score (nSPS) is 10.1. The molecule has 3 N–H and O–H groups in total. The van der Waals surface area contributed by atoms with E-state index in [0.717, 1.165) is 0 Å². The third-order valence-electron chi connectivity index (χ3n) is 3.42. The molecule has 0 aliphatic heterocycles. The van der Waals surface area contributed by atoms with Crippen molar-refractivity contribution in [3.63, 3.8) is 0 Å². The van der Waals surface area contributed by atoms with E-state index in [2.05, 4.69) is 30.9 Å². The molecular formula is C17H15N7O3. The highest BCUT2D eigenvalue weighted by Gasteiger charge is 2.23. The van der Waals surface area contributed by atoms with Gasteiger partial charge in [-0.15, -0.1) is 0 Å². The van der Waals surface area contributed by atoms with Crippen molar-refractivity contribution < 1.29 is 9.72 Å². The first-order valence-electron chi connectivity index (χ1n) is 7.84. The molecule has 1 aromatic carbocycles. The van der Waals surface area contributed by atoms with Crippen molar-refractivity contribution in [1.29, 1.82) is 0 Å². The number of nitro groups is 1. The number of anilines is 5. The molecule has 3 aromatic rings. The second kappa shape index (κ2) is 7.87. The molecule has 10 nitrogen and oxygen atoms in total. The van der Waals surface area contributed by atoms with Crippen LogP contribution in [0.2, 0.25) is 0 Å². The molecule has 0 aliphatic carbocycles. The summed E-state index contributed by atoms with van der Waals surface area (Å²) >= 11 is 0. The van der Waals surface area contributed by atoms with Crippen LogP contribution in [0.15, 0.2) is 55.1 Å². The quantitative estimate of drug-likeness (QED) is 0.447. The van der Waals surface area contributed by atoms with Gasteiger partial charge in [0.1, 0.15) is 6.33 Å². The molecular weight excluding hydrogens is 350 g/mol. The topological polar surface area (TPSA) is 135 Å². The Kier molecular flexibility index (Phi) is 5.17. The lowest BCUT2D eigenvalue weighted by Gasteiger charge is -2.10. The Balaban J connectivity index is 1.88. The number of aromatic nitrogens is 3. The van der Waals surface area contributed by atoms with Crippen LogP contribution < -0.4 is 16.0 Å². The van der Waals surface area contributed by atoms with Crippen molar-refractivity contribution in [1.82, 2.24) is 15.0 Å². The summed E-state index contributed by atoms with van der Waals surface area (Å²) in [6.45, 7) is 1.41. The van der Waals surface area contributed by atoms with Crippen LogP contribution in [0.1, 0.15) is 6.92 Å². The second-order valence-corrected chi connectivity index (χ2v) is 5.42. The molecule has 0 aliphatic rings. The van der Waals surface area contributed by atoms with Gasteiger partial charge < -0.3 is 16.0 Å². The minimum absolute atomic E-state index is 0.0406. The molecule has 0 saturated carbocycles. The fourth-order valence-electron chi connectivity index (χ4n) is 2.28. The van der Waals surface area contributed by atoms with Gasteiger partial charge in [0, 0.05) is 36.4 Å². The summed E-state index contributed by atoms with van der Waals surface area (Å²) in [5.74, 6) is -0.0913. The smallest absolute Gasteiger partial charge is 0.334 e. The highest BCUT2D eigenvalue weighted by atomic mass is 16.6. The van der Waals surface area contributed by atoms with Gasteiger partial charge in [-0.3, -0.25) is 19.9 Å². The number of carbonyl (C=O) groups is 1. The van der Waals surface area contributed by atoms with E-state index < -0.39 is 4.92 Å². The summed E-state index contributed by atoms with van der Waals surface area (Å²) in [6.07, 6.45) is 4.35. The first kappa shape index (κ1) is 17.7. The zero-order chi connectivity index (χ0) is 19.2. The lowest BCUT2D eigenvalue weighted by molar-refractivity contribution is -0.383. The third-order valence-corrected chi connectivity index (χ3v) is 3.42. The number of rotatable bonds is 6. The summed E-state index contributed by atoms with van der Waals surface area (Å²) < 4.78 is 0. The van der Waals surface area contributed by atoms with Crippen molar-refractivity contribution in [3.05, 3.63) is 65.2 Å². The third kappa shape index (κ3) is 4.51. The van der Waals surface area contributed by atoms with Gasteiger partial charge in [0.15, 0.2) is 0 Å². The number of pyridine rings is 1. The van der Waals surface area contributed by atoms with Gasteiger partial charge in [-0.1, -0.05) is 0 Å². The fraction of sp³-hybridized carbons (Fsp3) is 0.0588. The van der Waals surface area contributed by atoms with E-state index in [1.807, 2.05) is 0 Å². The van der Waals surface area contributed by atoms with Crippen LogP contribution in [0.3, 0.4) is 0 Å². The number of nitrogens with zero attached hydrogens (tertiary/aromatic N) is 4. The molecule has 0 fully saturated rings. The van der Waals surface area contributed by atoms with E-state index in [1.54, 1.807) is 48.8 Å². The Morgan fingerprint density at radius 3 is 1.96 bits per heavy atom. The standard InChI is InChI=1S/C17H15N7O3/c1-11(25)21-12-2-4-13(5-3-12)22-16-15(24(26)27)17(20-10-19-16)23-14-6-8-18-9-7-14/h2-10H,1H3,(H,21,25)(H2,18,19,20,22,23). The van der Waals surface area contributed by atoms with Crippen molar-refractivity contribution >= 4 is 40.3 Å². The molecule has 10 heteroatoms. The second-order valence-electron chi connectivity index (χ2n) is 5.42. The highest BCUT2D eigenvalue weighted by molar-refractivity contribution is 5.89. The summed E-state index contributed by atoms with van der Waals surface area (Å²) in [6, 6.07) is 10.0. The zero-order valence-corrected chi connectivity index (χ0v) is 14.2. The van der Waals surface area contributed by atoms with E-state index in [9.17, 15) is 14.9 Å². The van der Waals surface area contributed by atoms with E-state index in [1.165, 1.54) is 13.3 Å². The van der Waals surface area contributed by atoms with Crippen molar-refractivity contribution in [3.8, 4) is 0 Å². The largest absolute Gasteiger partial charge is 0.353 e. The molecule has 1 amide bonds. The molecule has 3 rings (SSSR count). The predicted octanol–water partition coefficient (Wildman–Crippen LogP) is 3.23. The number of amides is 1. The van der Waals surface area contributed by atoms with Gasteiger partial charge in [-0.25, -0.2) is 9.97 Å². The average molecular weight is 365 g/mol. The van der Waals surface area contributed by atoms with Gasteiger partial charge in [0.25, 0.3) is 0 Å². The molecule has 27 heavy (non-hydrogen) atoms. The van der Waals surface area contributed by atoms with Gasteiger partial charge in [-0.05, 0) is 36.4 Å². The SMILES string of the molecule is CC(=O)Nc1ccc(Nc2ncnc(Nc3ccncc3)c2[N+](=O)[O-])cc1.